The van der Waals surface area contributed by atoms with Crippen LogP contribution in [0.4, 0.5) is 4.79 Å². The highest BCUT2D eigenvalue weighted by Crippen LogP contribution is 2.37. The van der Waals surface area contributed by atoms with Crippen molar-refractivity contribution in [3.05, 3.63) is 63.9 Å². The molecule has 2 amide bonds. The molecule has 3 aliphatic rings. The highest BCUT2D eigenvalue weighted by Gasteiger charge is 2.33. The second-order valence-electron chi connectivity index (χ2n) is 9.34. The molecule has 1 aliphatic carbocycles. The molecule has 1 aromatic heterocycles. The van der Waals surface area contributed by atoms with E-state index in [1.165, 1.54) is 16.7 Å². The summed E-state index contributed by atoms with van der Waals surface area (Å²) >= 11 is 6.33. The van der Waals surface area contributed by atoms with Crippen molar-refractivity contribution in [1.82, 2.24) is 25.0 Å². The Labute approximate surface area is 195 Å². The number of amides is 2. The molecule has 3 heterocycles. The number of piperazine rings is 1. The van der Waals surface area contributed by atoms with Gasteiger partial charge >= 0.3 is 6.03 Å². The number of piperidine rings is 1. The highest BCUT2D eigenvalue weighted by atomic mass is 35.5. The largest absolute Gasteiger partial charge is 0.335 e. The van der Waals surface area contributed by atoms with E-state index in [1.54, 1.807) is 0 Å². The molecule has 0 spiro atoms. The first-order valence-electron chi connectivity index (χ1n) is 11.8. The van der Waals surface area contributed by atoms with Gasteiger partial charge in [-0.2, -0.15) is 0 Å². The van der Waals surface area contributed by atoms with Gasteiger partial charge in [-0.3, -0.25) is 9.88 Å². The Morgan fingerprint density at radius 2 is 1.78 bits per heavy atom. The van der Waals surface area contributed by atoms with Crippen molar-refractivity contribution < 1.29 is 4.79 Å². The number of nitrogens with zero attached hydrogens (tertiary/aromatic N) is 4. The summed E-state index contributed by atoms with van der Waals surface area (Å²) in [6, 6.07) is 11.0. The minimum Gasteiger partial charge on any atom is -0.335 e. The maximum absolute atomic E-state index is 12.9. The van der Waals surface area contributed by atoms with E-state index < -0.39 is 0 Å². The maximum atomic E-state index is 12.9. The number of likely N-dealkylation sites (tertiary alicyclic amines) is 1. The van der Waals surface area contributed by atoms with Gasteiger partial charge in [-0.1, -0.05) is 23.7 Å². The first kappa shape index (κ1) is 21.7. The molecule has 1 N–H and O–H groups in total. The highest BCUT2D eigenvalue weighted by molar-refractivity contribution is 6.30. The lowest BCUT2D eigenvalue weighted by atomic mass is 9.96. The van der Waals surface area contributed by atoms with Gasteiger partial charge < -0.3 is 15.1 Å². The van der Waals surface area contributed by atoms with Gasteiger partial charge in [0.05, 0.1) is 11.7 Å². The molecule has 0 bridgehead atoms. The van der Waals surface area contributed by atoms with Crippen LogP contribution in [0.25, 0.3) is 0 Å². The van der Waals surface area contributed by atoms with Crippen LogP contribution in [-0.4, -0.2) is 78.1 Å². The van der Waals surface area contributed by atoms with Crippen LogP contribution in [-0.2, 0) is 12.8 Å². The second-order valence-corrected chi connectivity index (χ2v) is 9.78. The average molecular weight is 454 g/mol. The third-order valence-corrected chi connectivity index (χ3v) is 7.50. The van der Waals surface area contributed by atoms with E-state index in [9.17, 15) is 4.79 Å². The lowest BCUT2D eigenvalue weighted by Crippen LogP contribution is -2.55. The van der Waals surface area contributed by atoms with E-state index in [1.807, 2.05) is 23.2 Å². The summed E-state index contributed by atoms with van der Waals surface area (Å²) in [5.74, 6) is 0. The molecule has 170 valence electrons. The van der Waals surface area contributed by atoms with Gasteiger partial charge in [0.2, 0.25) is 0 Å². The van der Waals surface area contributed by atoms with Crippen LogP contribution in [0.5, 0.6) is 0 Å². The van der Waals surface area contributed by atoms with Crippen LogP contribution in [0.15, 0.2) is 36.5 Å². The number of aryl methyl sites for hydroxylation is 2. The van der Waals surface area contributed by atoms with Crippen molar-refractivity contribution in [1.29, 1.82) is 0 Å². The molecular formula is C25H32ClN5O. The number of rotatable bonds is 2. The lowest BCUT2D eigenvalue weighted by molar-refractivity contribution is 0.115. The minimum atomic E-state index is 0.0887. The summed E-state index contributed by atoms with van der Waals surface area (Å²) in [6.07, 6.45) is 5.92. The summed E-state index contributed by atoms with van der Waals surface area (Å²) < 4.78 is 0. The lowest BCUT2D eigenvalue weighted by Gasteiger charge is -2.40. The third-order valence-electron chi connectivity index (χ3n) is 7.26. The molecule has 1 unspecified atom stereocenters. The van der Waals surface area contributed by atoms with E-state index >= 15 is 0 Å². The number of urea groups is 1. The van der Waals surface area contributed by atoms with Crippen LogP contribution in [0.1, 0.15) is 41.3 Å². The number of carbonyl (C=O) groups excluding carboxylic acids is 1. The van der Waals surface area contributed by atoms with Crippen LogP contribution in [0, 0.1) is 0 Å². The molecule has 6 nitrogen and oxygen atoms in total. The Bertz CT molecular complexity index is 967. The predicted molar refractivity (Wildman–Crippen MR) is 127 cm³/mol. The number of halogens is 1. The van der Waals surface area contributed by atoms with Crippen molar-refractivity contribution in [3.63, 3.8) is 0 Å². The second kappa shape index (κ2) is 9.38. The summed E-state index contributed by atoms with van der Waals surface area (Å²) in [5.41, 5.74) is 5.07. The standard InChI is InChI=1S/C25H32ClN5O/c1-29-11-8-21(9-12-29)28-25(32)31-15-13-30(14-16-31)24-22-7-6-20(26)17-19(22)5-4-18-3-2-10-27-23(18)24/h2-3,6-7,10,17,21,24H,4-5,8-9,11-16H2,1H3,(H,28,32). The first-order valence-corrected chi connectivity index (χ1v) is 12.2. The molecule has 7 heteroatoms. The van der Waals surface area contributed by atoms with E-state index in [-0.39, 0.29) is 12.1 Å². The number of fused-ring (bicyclic) bond motifs is 2. The summed E-state index contributed by atoms with van der Waals surface area (Å²) in [7, 11) is 2.14. The van der Waals surface area contributed by atoms with Gasteiger partial charge in [0, 0.05) is 43.4 Å². The number of hydrogen-bond donors (Lipinski definition) is 1. The summed E-state index contributed by atoms with van der Waals surface area (Å²) in [6.45, 7) is 5.25. The maximum Gasteiger partial charge on any atom is 0.317 e. The monoisotopic (exact) mass is 453 g/mol. The van der Waals surface area contributed by atoms with Crippen LogP contribution in [0.3, 0.4) is 0 Å². The molecule has 2 aromatic rings. The Balaban J connectivity index is 1.30. The van der Waals surface area contributed by atoms with Gasteiger partial charge in [0.25, 0.3) is 0 Å². The summed E-state index contributed by atoms with van der Waals surface area (Å²) in [4.78, 5) is 24.5. The molecule has 0 saturated carbocycles. The molecular weight excluding hydrogens is 422 g/mol. The van der Waals surface area contributed by atoms with Crippen LogP contribution >= 0.6 is 11.6 Å². The van der Waals surface area contributed by atoms with Gasteiger partial charge in [0.15, 0.2) is 0 Å². The van der Waals surface area contributed by atoms with E-state index in [0.717, 1.165) is 75.7 Å². The van der Waals surface area contributed by atoms with Crippen molar-refractivity contribution in [3.8, 4) is 0 Å². The SMILES string of the molecule is CN1CCC(NC(=O)N2CCN(C3c4ccc(Cl)cc4CCc4cccnc43)CC2)CC1. The quantitative estimate of drug-likeness (QED) is 0.757. The molecule has 2 aliphatic heterocycles. The normalized spacial score (nSPS) is 22.7. The third kappa shape index (κ3) is 4.49. The van der Waals surface area contributed by atoms with Crippen molar-refractivity contribution in [2.45, 2.75) is 37.8 Å². The average Bonchev–Trinajstić information content (AvgIpc) is 2.97. The fraction of sp³-hybridized carbons (Fsp3) is 0.520. The topological polar surface area (TPSA) is 51.7 Å². The molecule has 0 radical (unpaired) electrons. The number of carbonyl (C=O) groups is 1. The molecule has 32 heavy (non-hydrogen) atoms. The van der Waals surface area contributed by atoms with E-state index in [4.69, 9.17) is 16.6 Å². The zero-order valence-corrected chi connectivity index (χ0v) is 19.5. The van der Waals surface area contributed by atoms with Gasteiger partial charge in [-0.05, 0) is 80.7 Å². The van der Waals surface area contributed by atoms with Crippen LogP contribution in [0.2, 0.25) is 5.02 Å². The Kier molecular flexibility index (Phi) is 6.35. The Morgan fingerprint density at radius 1 is 1.03 bits per heavy atom. The van der Waals surface area contributed by atoms with Gasteiger partial charge in [0.1, 0.15) is 0 Å². The smallest absolute Gasteiger partial charge is 0.317 e. The minimum absolute atomic E-state index is 0.0887. The molecule has 2 saturated heterocycles. The van der Waals surface area contributed by atoms with Crippen molar-refractivity contribution in [2.75, 3.05) is 46.3 Å². The van der Waals surface area contributed by atoms with E-state index in [2.05, 4.69) is 40.4 Å². The Hall–Kier alpha value is -2.15. The molecule has 1 aromatic carbocycles. The number of pyridine rings is 1. The molecule has 5 rings (SSSR count). The van der Waals surface area contributed by atoms with Crippen molar-refractivity contribution >= 4 is 17.6 Å². The summed E-state index contributed by atoms with van der Waals surface area (Å²) in [5, 5.41) is 4.05. The molecule has 1 atom stereocenters. The number of nitrogens with one attached hydrogen (secondary N) is 1. The number of hydrogen-bond acceptors (Lipinski definition) is 4. The van der Waals surface area contributed by atoms with Gasteiger partial charge in [-0.15, -0.1) is 0 Å². The van der Waals surface area contributed by atoms with Gasteiger partial charge in [-0.25, -0.2) is 4.79 Å². The zero-order chi connectivity index (χ0) is 22.1. The predicted octanol–water partition coefficient (Wildman–Crippen LogP) is 3.34. The molecule has 2 fully saturated rings. The van der Waals surface area contributed by atoms with Crippen molar-refractivity contribution in [2.24, 2.45) is 0 Å². The fourth-order valence-electron chi connectivity index (χ4n) is 5.35. The number of benzene rings is 1. The Morgan fingerprint density at radius 3 is 2.56 bits per heavy atom. The fourth-order valence-corrected chi connectivity index (χ4v) is 5.55. The van der Waals surface area contributed by atoms with Crippen LogP contribution < -0.4 is 5.32 Å². The van der Waals surface area contributed by atoms with E-state index in [0.29, 0.717) is 6.04 Å². The first-order chi connectivity index (χ1) is 15.6. The zero-order valence-electron chi connectivity index (χ0n) is 18.8. The number of aromatic nitrogens is 1.